The molecule has 1 heterocycles. The molecule has 0 fully saturated rings. The molecule has 1 aromatic carbocycles. The SMILES string of the molecule is C=CCOc1cnc(-c2ccc(C=CCCCC(C)F)cc2)nc1. The zero-order valence-corrected chi connectivity index (χ0v) is 14.0. The van der Waals surface area contributed by atoms with Gasteiger partial charge >= 0.3 is 0 Å². The summed E-state index contributed by atoms with van der Waals surface area (Å²) in [7, 11) is 0. The third kappa shape index (κ3) is 5.95. The topological polar surface area (TPSA) is 35.0 Å². The lowest BCUT2D eigenvalue weighted by molar-refractivity contribution is 0.335. The van der Waals surface area contributed by atoms with Crippen molar-refractivity contribution < 1.29 is 9.13 Å². The quantitative estimate of drug-likeness (QED) is 0.466. The Hall–Kier alpha value is -2.49. The van der Waals surface area contributed by atoms with Crippen molar-refractivity contribution >= 4 is 6.08 Å². The molecule has 0 bridgehead atoms. The van der Waals surface area contributed by atoms with Crippen LogP contribution in [0, 0.1) is 0 Å². The second kappa shape index (κ2) is 9.60. The van der Waals surface area contributed by atoms with E-state index in [4.69, 9.17) is 4.74 Å². The van der Waals surface area contributed by atoms with Crippen LogP contribution < -0.4 is 4.74 Å². The van der Waals surface area contributed by atoms with Crippen molar-refractivity contribution in [2.75, 3.05) is 6.61 Å². The highest BCUT2D eigenvalue weighted by atomic mass is 19.1. The first kappa shape index (κ1) is 17.9. The van der Waals surface area contributed by atoms with E-state index in [9.17, 15) is 4.39 Å². The van der Waals surface area contributed by atoms with Crippen molar-refractivity contribution in [1.29, 1.82) is 0 Å². The Morgan fingerprint density at radius 1 is 1.21 bits per heavy atom. The molecule has 1 atom stereocenters. The summed E-state index contributed by atoms with van der Waals surface area (Å²) in [5, 5.41) is 0. The lowest BCUT2D eigenvalue weighted by Gasteiger charge is -2.04. The Morgan fingerprint density at radius 2 is 1.92 bits per heavy atom. The fourth-order valence-electron chi connectivity index (χ4n) is 2.17. The van der Waals surface area contributed by atoms with E-state index in [1.54, 1.807) is 25.4 Å². The van der Waals surface area contributed by atoms with Gasteiger partial charge in [0, 0.05) is 5.56 Å². The molecule has 0 amide bonds. The molecule has 0 aliphatic carbocycles. The van der Waals surface area contributed by atoms with Crippen LogP contribution in [0.4, 0.5) is 4.39 Å². The number of hydrogen-bond donors (Lipinski definition) is 0. The molecule has 0 saturated carbocycles. The maximum Gasteiger partial charge on any atom is 0.159 e. The summed E-state index contributed by atoms with van der Waals surface area (Å²) in [6, 6.07) is 8.02. The standard InChI is InChI=1S/C20H23FN2O/c1-3-13-24-19-14-22-20(23-15-19)18-11-9-17(10-12-18)8-6-4-5-7-16(2)21/h3,6,8-12,14-16H,1,4-5,7,13H2,2H3. The number of unbranched alkanes of at least 4 members (excludes halogenated alkanes) is 1. The lowest BCUT2D eigenvalue weighted by Crippen LogP contribution is -1.95. The van der Waals surface area contributed by atoms with Gasteiger partial charge in [-0.05, 0) is 31.7 Å². The van der Waals surface area contributed by atoms with Gasteiger partial charge < -0.3 is 4.74 Å². The number of aromatic nitrogens is 2. The molecular formula is C20H23FN2O. The van der Waals surface area contributed by atoms with Crippen LogP contribution in [-0.4, -0.2) is 22.7 Å². The summed E-state index contributed by atoms with van der Waals surface area (Å²) in [5.41, 5.74) is 2.06. The molecule has 2 aromatic rings. The van der Waals surface area contributed by atoms with Gasteiger partial charge in [0.25, 0.3) is 0 Å². The fourth-order valence-corrected chi connectivity index (χ4v) is 2.17. The first-order chi connectivity index (χ1) is 11.7. The Morgan fingerprint density at radius 3 is 2.54 bits per heavy atom. The summed E-state index contributed by atoms with van der Waals surface area (Å²) in [4.78, 5) is 8.62. The molecule has 0 N–H and O–H groups in total. The van der Waals surface area contributed by atoms with Crippen LogP contribution in [0.25, 0.3) is 17.5 Å². The number of ether oxygens (including phenoxy) is 1. The maximum absolute atomic E-state index is 12.7. The third-order valence-corrected chi connectivity index (χ3v) is 3.45. The minimum absolute atomic E-state index is 0.438. The highest BCUT2D eigenvalue weighted by Crippen LogP contribution is 2.18. The molecule has 0 spiro atoms. The number of benzene rings is 1. The highest BCUT2D eigenvalue weighted by Gasteiger charge is 2.02. The van der Waals surface area contributed by atoms with Crippen molar-refractivity contribution in [1.82, 2.24) is 9.97 Å². The van der Waals surface area contributed by atoms with Crippen molar-refractivity contribution in [3.05, 3.63) is 61.0 Å². The molecule has 0 saturated heterocycles. The van der Waals surface area contributed by atoms with Gasteiger partial charge in [-0.15, -0.1) is 0 Å². The summed E-state index contributed by atoms with van der Waals surface area (Å²) >= 11 is 0. The molecule has 0 radical (unpaired) electrons. The molecule has 1 aromatic heterocycles. The van der Waals surface area contributed by atoms with Gasteiger partial charge in [0.2, 0.25) is 0 Å². The Labute approximate surface area is 142 Å². The van der Waals surface area contributed by atoms with Crippen molar-refractivity contribution in [2.24, 2.45) is 0 Å². The second-order valence-electron chi connectivity index (χ2n) is 5.58. The van der Waals surface area contributed by atoms with Gasteiger partial charge in [0.1, 0.15) is 6.61 Å². The average Bonchev–Trinajstić information content (AvgIpc) is 2.60. The summed E-state index contributed by atoms with van der Waals surface area (Å²) in [6.45, 7) is 5.64. The van der Waals surface area contributed by atoms with Crippen molar-refractivity contribution in [3.8, 4) is 17.1 Å². The van der Waals surface area contributed by atoms with Gasteiger partial charge in [0.05, 0.1) is 18.6 Å². The average molecular weight is 326 g/mol. The maximum atomic E-state index is 12.7. The summed E-state index contributed by atoms with van der Waals surface area (Å²) < 4.78 is 18.1. The van der Waals surface area contributed by atoms with Crippen molar-refractivity contribution in [2.45, 2.75) is 32.4 Å². The number of nitrogens with zero attached hydrogens (tertiary/aromatic N) is 2. The van der Waals surface area contributed by atoms with E-state index in [0.29, 0.717) is 24.6 Å². The Balaban J connectivity index is 1.91. The Kier molecular flexibility index (Phi) is 7.15. The number of allylic oxidation sites excluding steroid dienone is 1. The van der Waals surface area contributed by atoms with E-state index >= 15 is 0 Å². The van der Waals surface area contributed by atoms with Gasteiger partial charge in [0.15, 0.2) is 11.6 Å². The molecule has 3 nitrogen and oxygen atoms in total. The molecule has 0 aliphatic heterocycles. The minimum atomic E-state index is -0.716. The van der Waals surface area contributed by atoms with Crippen LogP contribution in [-0.2, 0) is 0 Å². The normalized spacial score (nSPS) is 12.2. The monoisotopic (exact) mass is 326 g/mol. The number of halogens is 1. The van der Waals surface area contributed by atoms with Crippen LogP contribution in [0.3, 0.4) is 0 Å². The van der Waals surface area contributed by atoms with Crippen LogP contribution in [0.2, 0.25) is 0 Å². The highest BCUT2D eigenvalue weighted by molar-refractivity contribution is 5.59. The first-order valence-electron chi connectivity index (χ1n) is 8.16. The molecular weight excluding hydrogens is 303 g/mol. The number of alkyl halides is 1. The lowest BCUT2D eigenvalue weighted by atomic mass is 10.1. The van der Waals surface area contributed by atoms with Crippen LogP contribution >= 0.6 is 0 Å². The van der Waals surface area contributed by atoms with Gasteiger partial charge in [-0.1, -0.05) is 49.1 Å². The largest absolute Gasteiger partial charge is 0.486 e. The van der Waals surface area contributed by atoms with Crippen LogP contribution in [0.15, 0.2) is 55.4 Å². The summed E-state index contributed by atoms with van der Waals surface area (Å²) in [6.07, 6.45) is 10.8. The van der Waals surface area contributed by atoms with E-state index in [2.05, 4.69) is 28.7 Å². The summed E-state index contributed by atoms with van der Waals surface area (Å²) in [5.74, 6) is 1.29. The van der Waals surface area contributed by atoms with Gasteiger partial charge in [-0.2, -0.15) is 0 Å². The minimum Gasteiger partial charge on any atom is -0.486 e. The van der Waals surface area contributed by atoms with E-state index in [0.717, 1.165) is 24.0 Å². The predicted molar refractivity (Wildman–Crippen MR) is 96.6 cm³/mol. The van der Waals surface area contributed by atoms with Crippen molar-refractivity contribution in [3.63, 3.8) is 0 Å². The molecule has 0 aliphatic rings. The fraction of sp³-hybridized carbons (Fsp3) is 0.300. The molecule has 126 valence electrons. The van der Waals surface area contributed by atoms with Gasteiger partial charge in [-0.3, -0.25) is 0 Å². The molecule has 1 unspecified atom stereocenters. The van der Waals surface area contributed by atoms with E-state index in [-0.39, 0.29) is 0 Å². The molecule has 4 heteroatoms. The van der Waals surface area contributed by atoms with E-state index in [1.807, 2.05) is 24.3 Å². The Bertz CT molecular complexity index is 648. The number of rotatable bonds is 9. The second-order valence-corrected chi connectivity index (χ2v) is 5.58. The van der Waals surface area contributed by atoms with Crippen LogP contribution in [0.1, 0.15) is 31.7 Å². The van der Waals surface area contributed by atoms with E-state index in [1.165, 1.54) is 0 Å². The predicted octanol–water partition coefficient (Wildman–Crippen LogP) is 5.25. The van der Waals surface area contributed by atoms with Gasteiger partial charge in [-0.25, -0.2) is 14.4 Å². The zero-order valence-electron chi connectivity index (χ0n) is 14.0. The third-order valence-electron chi connectivity index (χ3n) is 3.45. The molecule has 2 rings (SSSR count). The van der Waals surface area contributed by atoms with Crippen LogP contribution in [0.5, 0.6) is 5.75 Å². The van der Waals surface area contributed by atoms with E-state index < -0.39 is 6.17 Å². The zero-order chi connectivity index (χ0) is 17.2. The smallest absolute Gasteiger partial charge is 0.159 e. The first-order valence-corrected chi connectivity index (χ1v) is 8.16. The number of hydrogen-bond acceptors (Lipinski definition) is 3. The molecule has 24 heavy (non-hydrogen) atoms.